The van der Waals surface area contributed by atoms with E-state index in [0.717, 1.165) is 16.1 Å². The number of aliphatic hydroxyl groups is 1. The summed E-state index contributed by atoms with van der Waals surface area (Å²) in [5.74, 6) is -2.73. The van der Waals surface area contributed by atoms with Crippen molar-refractivity contribution in [3.05, 3.63) is 99.5 Å². The van der Waals surface area contributed by atoms with E-state index in [1.165, 1.54) is 24.1 Å². The van der Waals surface area contributed by atoms with Gasteiger partial charge >= 0.3 is 0 Å². The molecule has 0 saturated carbocycles. The van der Waals surface area contributed by atoms with Gasteiger partial charge in [-0.3, -0.25) is 14.6 Å². The highest BCUT2D eigenvalue weighted by atomic mass is 79.9. The summed E-state index contributed by atoms with van der Waals surface area (Å²) in [6.07, 6.45) is 3.19. The van der Waals surface area contributed by atoms with Crippen LogP contribution in [0.1, 0.15) is 22.7 Å². The number of halogens is 2. The fraction of sp³-hybridized carbons (Fsp3) is 0.125. The van der Waals surface area contributed by atoms with E-state index >= 15 is 0 Å². The van der Waals surface area contributed by atoms with Crippen LogP contribution >= 0.6 is 15.9 Å². The van der Waals surface area contributed by atoms with Gasteiger partial charge < -0.3 is 14.7 Å². The lowest BCUT2D eigenvalue weighted by atomic mass is 9.95. The second-order valence-corrected chi connectivity index (χ2v) is 8.10. The number of amides is 1. The van der Waals surface area contributed by atoms with Gasteiger partial charge in [0.25, 0.3) is 11.7 Å². The van der Waals surface area contributed by atoms with Crippen molar-refractivity contribution in [3.8, 4) is 5.75 Å². The number of nitrogens with zero attached hydrogens (tertiary/aromatic N) is 2. The number of likely N-dealkylation sites (tertiary alicyclic amines) is 1. The normalized spacial score (nSPS) is 17.6. The molecule has 4 rings (SSSR count). The van der Waals surface area contributed by atoms with E-state index < -0.39 is 29.3 Å². The minimum absolute atomic E-state index is 0.00299. The van der Waals surface area contributed by atoms with Gasteiger partial charge in [0, 0.05) is 29.0 Å². The number of carbonyl (C=O) groups excluding carboxylic acids is 2. The molecule has 3 aromatic rings. The van der Waals surface area contributed by atoms with Crippen LogP contribution in [-0.2, 0) is 16.1 Å². The number of rotatable bonds is 5. The highest BCUT2D eigenvalue weighted by Gasteiger charge is 2.46. The fourth-order valence-corrected chi connectivity index (χ4v) is 4.14. The number of carbonyl (C=O) groups is 2. The minimum Gasteiger partial charge on any atom is -0.507 e. The zero-order chi connectivity index (χ0) is 22.8. The Morgan fingerprint density at radius 2 is 1.91 bits per heavy atom. The summed E-state index contributed by atoms with van der Waals surface area (Å²) in [5.41, 5.74) is 1.37. The van der Waals surface area contributed by atoms with Crippen molar-refractivity contribution < 1.29 is 23.8 Å². The van der Waals surface area contributed by atoms with Crippen LogP contribution in [0.15, 0.2) is 77.0 Å². The minimum atomic E-state index is -0.856. The first-order chi connectivity index (χ1) is 15.4. The van der Waals surface area contributed by atoms with Gasteiger partial charge in [0.15, 0.2) is 11.6 Å². The van der Waals surface area contributed by atoms with Crippen molar-refractivity contribution in [3.63, 3.8) is 0 Å². The predicted octanol–water partition coefficient (Wildman–Crippen LogP) is 4.61. The van der Waals surface area contributed by atoms with Crippen LogP contribution in [0.3, 0.4) is 0 Å². The summed E-state index contributed by atoms with van der Waals surface area (Å²) in [5, 5.41) is 11.0. The number of hydrogen-bond acceptors (Lipinski definition) is 5. The second kappa shape index (κ2) is 8.92. The molecule has 1 saturated heterocycles. The SMILES string of the molecule is COc1ccc(C(O)=C2C(=O)C(=O)N(Cc3ccncc3)[C@H]2c2cccc(Br)c2)cc1F. The van der Waals surface area contributed by atoms with Crippen LogP contribution in [0.2, 0.25) is 0 Å². The Hall–Kier alpha value is -3.52. The standard InChI is InChI=1S/C24H18BrFN2O4/c1-32-19-6-5-16(12-18(19)26)22(29)20-21(15-3-2-4-17(25)11-15)28(24(31)23(20)30)13-14-7-9-27-10-8-14/h2-12,21,29H,13H2,1H3/t21-/m0/s1. The fourth-order valence-electron chi connectivity index (χ4n) is 3.72. The van der Waals surface area contributed by atoms with Crippen molar-refractivity contribution in [2.24, 2.45) is 0 Å². The molecule has 1 aliphatic rings. The van der Waals surface area contributed by atoms with Crippen molar-refractivity contribution in [2.45, 2.75) is 12.6 Å². The van der Waals surface area contributed by atoms with Crippen LogP contribution in [0.25, 0.3) is 5.76 Å². The van der Waals surface area contributed by atoms with E-state index in [1.54, 1.807) is 42.7 Å². The molecule has 8 heteroatoms. The molecule has 2 aromatic carbocycles. The summed E-state index contributed by atoms with van der Waals surface area (Å²) in [6.45, 7) is 0.137. The van der Waals surface area contributed by atoms with Gasteiger partial charge in [0.1, 0.15) is 5.76 Å². The van der Waals surface area contributed by atoms with E-state index in [0.29, 0.717) is 5.56 Å². The monoisotopic (exact) mass is 496 g/mol. The molecule has 1 aliphatic heterocycles. The van der Waals surface area contributed by atoms with Crippen LogP contribution in [0.4, 0.5) is 4.39 Å². The van der Waals surface area contributed by atoms with E-state index in [4.69, 9.17) is 4.74 Å². The van der Waals surface area contributed by atoms with Crippen molar-refractivity contribution >= 4 is 33.4 Å². The van der Waals surface area contributed by atoms with Crippen LogP contribution in [0.5, 0.6) is 5.75 Å². The third-order valence-corrected chi connectivity index (χ3v) is 5.73. The molecule has 32 heavy (non-hydrogen) atoms. The topological polar surface area (TPSA) is 79.7 Å². The summed E-state index contributed by atoms with van der Waals surface area (Å²) in [6, 6.07) is 13.6. The number of aliphatic hydroxyl groups excluding tert-OH is 1. The predicted molar refractivity (Wildman–Crippen MR) is 119 cm³/mol. The van der Waals surface area contributed by atoms with E-state index in [1.807, 2.05) is 6.07 Å². The number of ether oxygens (including phenoxy) is 1. The molecule has 2 heterocycles. The molecule has 0 aliphatic carbocycles. The molecule has 6 nitrogen and oxygen atoms in total. The Labute approximate surface area is 192 Å². The molecule has 1 fully saturated rings. The Bertz CT molecular complexity index is 1230. The number of benzene rings is 2. The molecule has 162 valence electrons. The van der Waals surface area contributed by atoms with Crippen molar-refractivity contribution in [2.75, 3.05) is 7.11 Å². The molecule has 1 atom stereocenters. The first kappa shape index (κ1) is 21.7. The van der Waals surface area contributed by atoms with E-state index in [-0.39, 0.29) is 23.4 Å². The van der Waals surface area contributed by atoms with Gasteiger partial charge in [-0.1, -0.05) is 28.1 Å². The maximum atomic E-state index is 14.3. The van der Waals surface area contributed by atoms with Crippen molar-refractivity contribution in [1.29, 1.82) is 0 Å². The number of hydrogen-bond donors (Lipinski definition) is 1. The highest BCUT2D eigenvalue weighted by molar-refractivity contribution is 9.10. The summed E-state index contributed by atoms with van der Waals surface area (Å²) in [4.78, 5) is 31.4. The largest absolute Gasteiger partial charge is 0.507 e. The number of Topliss-reactive ketones (excluding diaryl/α,β-unsaturated/α-hetero) is 1. The third-order valence-electron chi connectivity index (χ3n) is 5.23. The number of pyridine rings is 1. The van der Waals surface area contributed by atoms with E-state index in [2.05, 4.69) is 20.9 Å². The van der Waals surface area contributed by atoms with Crippen molar-refractivity contribution in [1.82, 2.24) is 9.88 Å². The van der Waals surface area contributed by atoms with Gasteiger partial charge in [-0.2, -0.15) is 0 Å². The Kier molecular flexibility index (Phi) is 6.05. The Balaban J connectivity index is 1.87. The maximum Gasteiger partial charge on any atom is 0.295 e. The Morgan fingerprint density at radius 1 is 1.16 bits per heavy atom. The average molecular weight is 497 g/mol. The number of ketones is 1. The van der Waals surface area contributed by atoms with E-state index in [9.17, 15) is 19.1 Å². The van der Waals surface area contributed by atoms with Crippen LogP contribution in [-0.4, -0.2) is 33.8 Å². The molecule has 1 aromatic heterocycles. The molecule has 0 unspecified atom stereocenters. The molecule has 0 bridgehead atoms. The zero-order valence-corrected chi connectivity index (χ0v) is 18.5. The van der Waals surface area contributed by atoms with Gasteiger partial charge in [0.05, 0.1) is 18.7 Å². The quantitative estimate of drug-likeness (QED) is 0.317. The van der Waals surface area contributed by atoms with Gasteiger partial charge in [-0.15, -0.1) is 0 Å². The second-order valence-electron chi connectivity index (χ2n) is 7.19. The average Bonchev–Trinajstić information content (AvgIpc) is 3.04. The van der Waals surface area contributed by atoms with Gasteiger partial charge in [0.2, 0.25) is 0 Å². The zero-order valence-electron chi connectivity index (χ0n) is 17.0. The number of aromatic nitrogens is 1. The molecule has 1 N–H and O–H groups in total. The summed E-state index contributed by atoms with van der Waals surface area (Å²) in [7, 11) is 1.33. The van der Waals surface area contributed by atoms with Gasteiger partial charge in [-0.25, -0.2) is 4.39 Å². The summed E-state index contributed by atoms with van der Waals surface area (Å²) >= 11 is 3.41. The first-order valence-electron chi connectivity index (χ1n) is 9.67. The molecular formula is C24H18BrFN2O4. The molecule has 1 amide bonds. The van der Waals surface area contributed by atoms with Gasteiger partial charge in [-0.05, 0) is 53.6 Å². The molecule has 0 radical (unpaired) electrons. The first-order valence-corrected chi connectivity index (χ1v) is 10.5. The number of methoxy groups -OCH3 is 1. The Morgan fingerprint density at radius 3 is 2.56 bits per heavy atom. The lowest BCUT2D eigenvalue weighted by Gasteiger charge is -2.25. The smallest absolute Gasteiger partial charge is 0.295 e. The lowest BCUT2D eigenvalue weighted by Crippen LogP contribution is -2.29. The molecular weight excluding hydrogens is 479 g/mol. The summed E-state index contributed by atoms with van der Waals surface area (Å²) < 4.78 is 19.9. The maximum absolute atomic E-state index is 14.3. The lowest BCUT2D eigenvalue weighted by molar-refractivity contribution is -0.140. The highest BCUT2D eigenvalue weighted by Crippen LogP contribution is 2.41. The van der Waals surface area contributed by atoms with Crippen LogP contribution < -0.4 is 4.74 Å². The third kappa shape index (κ3) is 4.01. The van der Waals surface area contributed by atoms with Crippen LogP contribution in [0, 0.1) is 5.82 Å². The molecule has 0 spiro atoms.